The summed E-state index contributed by atoms with van der Waals surface area (Å²) >= 11 is 1.37. The zero-order chi connectivity index (χ0) is 24.6. The monoisotopic (exact) mass is 496 g/mol. The molecule has 6 nitrogen and oxygen atoms in total. The van der Waals surface area contributed by atoms with E-state index in [-0.39, 0.29) is 24.6 Å². The van der Waals surface area contributed by atoms with Gasteiger partial charge in [0.05, 0.1) is 30.0 Å². The molecule has 0 bridgehead atoms. The van der Waals surface area contributed by atoms with E-state index in [1.54, 1.807) is 25.3 Å². The maximum atomic E-state index is 13.5. The third-order valence-electron chi connectivity index (χ3n) is 6.16. The summed E-state index contributed by atoms with van der Waals surface area (Å²) in [5.41, 5.74) is 0.481. The molecule has 34 heavy (non-hydrogen) atoms. The number of carbonyl (C=O) groups is 2. The molecule has 1 aromatic carbocycles. The first-order chi connectivity index (χ1) is 16.1. The number of rotatable bonds is 6. The number of ether oxygens (including phenoxy) is 2. The highest BCUT2D eigenvalue weighted by Crippen LogP contribution is 2.48. The fraction of sp³-hybridized carbons (Fsp3) is 0.500. The molecule has 1 aromatic heterocycles. The van der Waals surface area contributed by atoms with Gasteiger partial charge in [0.1, 0.15) is 0 Å². The number of anilines is 1. The van der Waals surface area contributed by atoms with Crippen molar-refractivity contribution in [2.45, 2.75) is 64.0 Å². The Morgan fingerprint density at radius 3 is 2.59 bits per heavy atom. The Balaban J connectivity index is 1.70. The van der Waals surface area contributed by atoms with Crippen molar-refractivity contribution in [1.82, 2.24) is 5.32 Å². The van der Waals surface area contributed by atoms with Crippen LogP contribution in [0.1, 0.15) is 65.5 Å². The normalized spacial score (nSPS) is 20.3. The predicted molar refractivity (Wildman–Crippen MR) is 122 cm³/mol. The summed E-state index contributed by atoms with van der Waals surface area (Å²) < 4.78 is 50.9. The van der Waals surface area contributed by atoms with E-state index in [2.05, 4.69) is 5.32 Å². The molecule has 2 heterocycles. The summed E-state index contributed by atoms with van der Waals surface area (Å²) in [6.45, 7) is 3.77. The molecule has 1 fully saturated rings. The minimum atomic E-state index is -4.51. The summed E-state index contributed by atoms with van der Waals surface area (Å²) in [5, 5.41) is 5.12. The maximum Gasteiger partial charge on any atom is 0.416 e. The second kappa shape index (κ2) is 9.58. The van der Waals surface area contributed by atoms with Gasteiger partial charge in [-0.2, -0.15) is 13.2 Å². The van der Waals surface area contributed by atoms with E-state index in [9.17, 15) is 22.8 Å². The summed E-state index contributed by atoms with van der Waals surface area (Å²) in [6, 6.07) is 4.54. The topological polar surface area (TPSA) is 67.9 Å². The van der Waals surface area contributed by atoms with Crippen molar-refractivity contribution in [3.63, 3.8) is 0 Å². The molecule has 1 amide bonds. The molecule has 2 aromatic rings. The quantitative estimate of drug-likeness (QED) is 0.503. The van der Waals surface area contributed by atoms with Gasteiger partial charge in [-0.3, -0.25) is 4.90 Å². The lowest BCUT2D eigenvalue weighted by Crippen LogP contribution is -2.48. The second-order valence-corrected chi connectivity index (χ2v) is 9.90. The molecule has 2 atom stereocenters. The zero-order valence-electron chi connectivity index (χ0n) is 19.1. The minimum absolute atomic E-state index is 0.184. The molecule has 1 N–H and O–H groups in total. The average molecular weight is 497 g/mol. The standard InChI is InChI=1S/C24H27F3N2O4S/c1-13(2)33-23(31)29-19-7-6-15(24(25,26)27)10-17(19)18(11-20(29)14-4-5-14)28-12-21-16(8-9-34-21)22(30)32-3/h6-10,13-14,18,20,28H,4-5,11-12H2,1-3H3/t18-,20-/m1/s1. The summed E-state index contributed by atoms with van der Waals surface area (Å²) in [6.07, 6.45) is -3.05. The molecule has 1 saturated carbocycles. The van der Waals surface area contributed by atoms with Crippen LogP contribution in [0.4, 0.5) is 23.7 Å². The Hall–Kier alpha value is -2.59. The number of hydrogen-bond acceptors (Lipinski definition) is 6. The number of benzene rings is 1. The highest BCUT2D eigenvalue weighted by molar-refractivity contribution is 7.10. The van der Waals surface area contributed by atoms with Crippen molar-refractivity contribution < 1.29 is 32.2 Å². The van der Waals surface area contributed by atoms with Crippen LogP contribution in [-0.4, -0.2) is 31.3 Å². The zero-order valence-corrected chi connectivity index (χ0v) is 20.0. The number of alkyl halides is 3. The van der Waals surface area contributed by atoms with Crippen molar-refractivity contribution in [2.75, 3.05) is 12.0 Å². The number of carbonyl (C=O) groups excluding carboxylic acids is 2. The Kier molecular flexibility index (Phi) is 6.91. The van der Waals surface area contributed by atoms with E-state index < -0.39 is 29.8 Å². The fourth-order valence-electron chi connectivity index (χ4n) is 4.44. The van der Waals surface area contributed by atoms with Gasteiger partial charge in [0.25, 0.3) is 0 Å². The van der Waals surface area contributed by atoms with Gasteiger partial charge in [0.15, 0.2) is 0 Å². The number of methoxy groups -OCH3 is 1. The van der Waals surface area contributed by atoms with Gasteiger partial charge in [-0.15, -0.1) is 11.3 Å². The van der Waals surface area contributed by atoms with Gasteiger partial charge in [0, 0.05) is 23.5 Å². The molecule has 0 spiro atoms. The third kappa shape index (κ3) is 5.07. The van der Waals surface area contributed by atoms with Gasteiger partial charge < -0.3 is 14.8 Å². The van der Waals surface area contributed by atoms with Gasteiger partial charge in [0.2, 0.25) is 0 Å². The van der Waals surface area contributed by atoms with Crippen LogP contribution in [-0.2, 0) is 22.2 Å². The van der Waals surface area contributed by atoms with E-state index in [0.717, 1.165) is 29.9 Å². The Bertz CT molecular complexity index is 1060. The van der Waals surface area contributed by atoms with Gasteiger partial charge in [-0.05, 0) is 74.2 Å². The van der Waals surface area contributed by atoms with Gasteiger partial charge >= 0.3 is 18.2 Å². The average Bonchev–Trinajstić information content (AvgIpc) is 3.52. The number of hydrogen-bond donors (Lipinski definition) is 1. The lowest BCUT2D eigenvalue weighted by Gasteiger charge is -2.41. The molecule has 1 aliphatic heterocycles. The molecular weight excluding hydrogens is 469 g/mol. The van der Waals surface area contributed by atoms with Crippen LogP contribution in [0.25, 0.3) is 0 Å². The molecule has 0 unspecified atom stereocenters. The second-order valence-electron chi connectivity index (χ2n) is 8.90. The van der Waals surface area contributed by atoms with Crippen molar-refractivity contribution in [3.05, 3.63) is 51.2 Å². The summed E-state index contributed by atoms with van der Waals surface area (Å²) in [4.78, 5) is 27.3. The summed E-state index contributed by atoms with van der Waals surface area (Å²) in [7, 11) is 1.30. The minimum Gasteiger partial charge on any atom is -0.465 e. The Morgan fingerprint density at radius 1 is 1.24 bits per heavy atom. The van der Waals surface area contributed by atoms with Crippen LogP contribution >= 0.6 is 11.3 Å². The van der Waals surface area contributed by atoms with Crippen molar-refractivity contribution in [1.29, 1.82) is 0 Å². The van der Waals surface area contributed by atoms with E-state index in [4.69, 9.17) is 9.47 Å². The fourth-order valence-corrected chi connectivity index (χ4v) is 5.25. The smallest absolute Gasteiger partial charge is 0.416 e. The predicted octanol–water partition coefficient (Wildman–Crippen LogP) is 5.92. The number of thiophene rings is 1. The largest absolute Gasteiger partial charge is 0.465 e. The van der Waals surface area contributed by atoms with Gasteiger partial charge in [-0.25, -0.2) is 9.59 Å². The van der Waals surface area contributed by atoms with E-state index in [1.165, 1.54) is 29.4 Å². The molecule has 1 aliphatic carbocycles. The van der Waals surface area contributed by atoms with Crippen LogP contribution in [0, 0.1) is 5.92 Å². The number of amides is 1. The highest BCUT2D eigenvalue weighted by atomic mass is 32.1. The Morgan fingerprint density at radius 2 is 1.97 bits per heavy atom. The molecule has 4 rings (SSSR count). The molecule has 0 saturated heterocycles. The van der Waals surface area contributed by atoms with Crippen molar-refractivity contribution in [3.8, 4) is 0 Å². The molecular formula is C24H27F3N2O4S. The van der Waals surface area contributed by atoms with Crippen LogP contribution in [0.15, 0.2) is 29.6 Å². The van der Waals surface area contributed by atoms with Crippen LogP contribution in [0.5, 0.6) is 0 Å². The maximum absolute atomic E-state index is 13.5. The van der Waals surface area contributed by atoms with Crippen molar-refractivity contribution in [2.24, 2.45) is 5.92 Å². The van der Waals surface area contributed by atoms with E-state index >= 15 is 0 Å². The molecule has 2 aliphatic rings. The van der Waals surface area contributed by atoms with Crippen LogP contribution in [0.3, 0.4) is 0 Å². The molecule has 0 radical (unpaired) electrons. The van der Waals surface area contributed by atoms with E-state index in [1.807, 2.05) is 0 Å². The lowest BCUT2D eigenvalue weighted by atomic mass is 9.87. The first-order valence-corrected chi connectivity index (χ1v) is 12.1. The first-order valence-electron chi connectivity index (χ1n) is 11.2. The van der Waals surface area contributed by atoms with Crippen LogP contribution < -0.4 is 10.2 Å². The van der Waals surface area contributed by atoms with E-state index in [0.29, 0.717) is 23.2 Å². The number of nitrogens with one attached hydrogen (secondary N) is 1. The summed E-state index contributed by atoms with van der Waals surface area (Å²) in [5.74, 6) is -0.188. The Labute approximate surface area is 200 Å². The van der Waals surface area contributed by atoms with Crippen LogP contribution in [0.2, 0.25) is 0 Å². The number of nitrogens with zero attached hydrogens (tertiary/aromatic N) is 1. The van der Waals surface area contributed by atoms with Gasteiger partial charge in [-0.1, -0.05) is 0 Å². The highest BCUT2D eigenvalue weighted by Gasteiger charge is 2.45. The lowest BCUT2D eigenvalue weighted by molar-refractivity contribution is -0.137. The SMILES string of the molecule is COC(=O)c1ccsc1CN[C@@H]1C[C@H](C2CC2)N(C(=O)OC(C)C)c2ccc(C(F)(F)F)cc21. The number of esters is 1. The molecule has 10 heteroatoms. The third-order valence-corrected chi connectivity index (χ3v) is 7.08. The number of halogens is 3. The van der Waals surface area contributed by atoms with Crippen molar-refractivity contribution >= 4 is 29.1 Å². The number of fused-ring (bicyclic) bond motifs is 1. The first kappa shape index (κ1) is 24.5. The molecule has 184 valence electrons.